The van der Waals surface area contributed by atoms with Crippen molar-refractivity contribution in [3.05, 3.63) is 34.4 Å². The maximum absolute atomic E-state index is 12.8. The normalized spacial score (nSPS) is 12.1. The van der Waals surface area contributed by atoms with E-state index in [1.807, 2.05) is 0 Å². The minimum Gasteiger partial charge on any atom is -0.496 e. The van der Waals surface area contributed by atoms with Crippen LogP contribution in [0.2, 0.25) is 0 Å². The van der Waals surface area contributed by atoms with Gasteiger partial charge in [0.15, 0.2) is 0 Å². The van der Waals surface area contributed by atoms with Crippen LogP contribution >= 0.6 is 0 Å². The van der Waals surface area contributed by atoms with Crippen LogP contribution in [0.5, 0.6) is 5.75 Å². The Bertz CT molecular complexity index is 782. The Morgan fingerprint density at radius 2 is 2.23 bits per heavy atom. The van der Waals surface area contributed by atoms with Crippen molar-refractivity contribution >= 4 is 23.1 Å². The molecule has 1 unspecified atom stereocenters. The molecule has 0 bridgehead atoms. The van der Waals surface area contributed by atoms with Gasteiger partial charge in [0.1, 0.15) is 29.3 Å². The number of benzene rings is 1. The number of carbonyl (C=O) groups excluding carboxylic acids is 2. The van der Waals surface area contributed by atoms with E-state index in [0.29, 0.717) is 23.4 Å². The maximum atomic E-state index is 12.8. The molecular formula is C15H17N3O4. The van der Waals surface area contributed by atoms with Gasteiger partial charge in [0.05, 0.1) is 12.6 Å². The molecule has 2 N–H and O–H groups in total. The maximum Gasteiger partial charge on any atom is 0.265 e. The molecule has 2 aromatic rings. The van der Waals surface area contributed by atoms with E-state index >= 15 is 0 Å². The number of nitrogens with two attached hydrogens (primary N) is 1. The van der Waals surface area contributed by atoms with E-state index in [1.54, 1.807) is 25.1 Å². The quantitative estimate of drug-likeness (QED) is 0.792. The summed E-state index contributed by atoms with van der Waals surface area (Å²) < 4.78 is 6.43. The summed E-state index contributed by atoms with van der Waals surface area (Å²) in [5, 5.41) is 0.285. The van der Waals surface area contributed by atoms with Crippen LogP contribution < -0.4 is 16.0 Å². The molecule has 116 valence electrons. The van der Waals surface area contributed by atoms with E-state index in [2.05, 4.69) is 4.98 Å². The zero-order chi connectivity index (χ0) is 16.3. The average molecular weight is 303 g/mol. The molecule has 22 heavy (non-hydrogen) atoms. The number of aryl methyl sites for hydroxylation is 1. The van der Waals surface area contributed by atoms with Gasteiger partial charge in [-0.1, -0.05) is 6.07 Å². The van der Waals surface area contributed by atoms with Crippen LogP contribution in [0.25, 0.3) is 10.9 Å². The molecule has 1 heterocycles. The highest BCUT2D eigenvalue weighted by atomic mass is 16.5. The van der Waals surface area contributed by atoms with Crippen molar-refractivity contribution in [2.45, 2.75) is 25.8 Å². The minimum atomic E-state index is -0.917. The number of aldehydes is 1. The largest absolute Gasteiger partial charge is 0.496 e. The van der Waals surface area contributed by atoms with Crippen molar-refractivity contribution in [1.82, 2.24) is 9.55 Å². The van der Waals surface area contributed by atoms with E-state index in [1.165, 1.54) is 11.7 Å². The minimum absolute atomic E-state index is 0.128. The van der Waals surface area contributed by atoms with Crippen molar-refractivity contribution < 1.29 is 14.3 Å². The number of ether oxygens (including phenoxy) is 1. The zero-order valence-corrected chi connectivity index (χ0v) is 12.4. The number of primary amides is 1. The van der Waals surface area contributed by atoms with Gasteiger partial charge >= 0.3 is 0 Å². The van der Waals surface area contributed by atoms with E-state index in [-0.39, 0.29) is 18.2 Å². The van der Waals surface area contributed by atoms with E-state index in [9.17, 15) is 14.4 Å². The first-order valence-corrected chi connectivity index (χ1v) is 6.80. The molecule has 1 atom stereocenters. The first kappa shape index (κ1) is 15.7. The Balaban J connectivity index is 2.75. The van der Waals surface area contributed by atoms with E-state index in [0.717, 1.165) is 0 Å². The number of rotatable bonds is 6. The molecule has 7 heteroatoms. The summed E-state index contributed by atoms with van der Waals surface area (Å²) in [4.78, 5) is 39.4. The van der Waals surface area contributed by atoms with Crippen LogP contribution in [0, 0.1) is 6.92 Å². The standard InChI is InChI=1S/C15H17N3O4/c1-9-17-10-5-3-7-12(22-2)13(10)15(21)18(9)11(14(16)20)6-4-8-19/h3,5,7-8,11H,4,6H2,1-2H3,(H2,16,20). The third-order valence-corrected chi connectivity index (χ3v) is 3.49. The first-order chi connectivity index (χ1) is 10.5. The summed E-state index contributed by atoms with van der Waals surface area (Å²) in [6.45, 7) is 1.62. The second-order valence-corrected chi connectivity index (χ2v) is 4.85. The molecule has 7 nitrogen and oxygen atoms in total. The Hall–Kier alpha value is -2.70. The van der Waals surface area contributed by atoms with Crippen LogP contribution in [0.1, 0.15) is 24.7 Å². The SMILES string of the molecule is COc1cccc2nc(C)n(C(CCC=O)C(N)=O)c(=O)c12. The second-order valence-electron chi connectivity index (χ2n) is 4.85. The lowest BCUT2D eigenvalue weighted by Crippen LogP contribution is -2.36. The summed E-state index contributed by atoms with van der Waals surface area (Å²) in [7, 11) is 1.45. The molecule has 0 fully saturated rings. The molecule has 1 amide bonds. The summed E-state index contributed by atoms with van der Waals surface area (Å²) in [6.07, 6.45) is 0.969. The third kappa shape index (κ3) is 2.69. The average Bonchev–Trinajstić information content (AvgIpc) is 2.49. The fourth-order valence-electron chi connectivity index (χ4n) is 2.48. The van der Waals surface area contributed by atoms with Gasteiger partial charge < -0.3 is 15.3 Å². The van der Waals surface area contributed by atoms with E-state index < -0.39 is 17.5 Å². The molecule has 1 aromatic carbocycles. The lowest BCUT2D eigenvalue weighted by Gasteiger charge is -2.19. The summed E-state index contributed by atoms with van der Waals surface area (Å²) >= 11 is 0. The molecule has 2 rings (SSSR count). The number of aromatic nitrogens is 2. The number of hydrogen-bond donors (Lipinski definition) is 1. The molecule has 1 aromatic heterocycles. The summed E-state index contributed by atoms with van der Waals surface area (Å²) in [5.41, 5.74) is 5.46. The Kier molecular flexibility index (Phi) is 4.55. The van der Waals surface area contributed by atoms with Crippen LogP contribution in [0.3, 0.4) is 0 Å². The monoisotopic (exact) mass is 303 g/mol. The van der Waals surface area contributed by atoms with Crippen molar-refractivity contribution in [2.75, 3.05) is 7.11 Å². The van der Waals surface area contributed by atoms with Crippen LogP contribution in [-0.4, -0.2) is 28.9 Å². The van der Waals surface area contributed by atoms with Crippen molar-refractivity contribution in [3.8, 4) is 5.75 Å². The predicted molar refractivity (Wildman–Crippen MR) is 80.8 cm³/mol. The predicted octanol–water partition coefficient (Wildman–Crippen LogP) is 0.719. The van der Waals surface area contributed by atoms with Crippen LogP contribution in [0.4, 0.5) is 0 Å². The molecule has 0 aliphatic carbocycles. The van der Waals surface area contributed by atoms with Crippen molar-refractivity contribution in [2.24, 2.45) is 5.73 Å². The van der Waals surface area contributed by atoms with Gasteiger partial charge in [-0.2, -0.15) is 0 Å². The second kappa shape index (κ2) is 6.38. The number of fused-ring (bicyclic) bond motifs is 1. The Labute approximate surface area is 126 Å². The number of carbonyl (C=O) groups is 2. The molecule has 0 saturated heterocycles. The highest BCUT2D eigenvalue weighted by Gasteiger charge is 2.23. The van der Waals surface area contributed by atoms with Gasteiger partial charge in [-0.05, 0) is 25.5 Å². The van der Waals surface area contributed by atoms with Gasteiger partial charge in [-0.25, -0.2) is 4.98 Å². The fraction of sp³-hybridized carbons (Fsp3) is 0.333. The molecule has 0 spiro atoms. The highest BCUT2D eigenvalue weighted by Crippen LogP contribution is 2.22. The molecular weight excluding hydrogens is 286 g/mol. The Morgan fingerprint density at radius 1 is 1.50 bits per heavy atom. The molecule has 0 aliphatic heterocycles. The third-order valence-electron chi connectivity index (χ3n) is 3.49. The summed E-state index contributed by atoms with van der Waals surface area (Å²) in [6, 6.07) is 4.16. The first-order valence-electron chi connectivity index (χ1n) is 6.80. The Morgan fingerprint density at radius 3 is 2.82 bits per heavy atom. The lowest BCUT2D eigenvalue weighted by atomic mass is 10.1. The number of nitrogens with zero attached hydrogens (tertiary/aromatic N) is 2. The van der Waals surface area contributed by atoms with Crippen LogP contribution in [0.15, 0.2) is 23.0 Å². The van der Waals surface area contributed by atoms with Gasteiger partial charge in [-0.15, -0.1) is 0 Å². The van der Waals surface area contributed by atoms with Crippen molar-refractivity contribution in [3.63, 3.8) is 0 Å². The zero-order valence-electron chi connectivity index (χ0n) is 12.4. The number of amides is 1. The van der Waals surface area contributed by atoms with Gasteiger partial charge in [0.25, 0.3) is 5.56 Å². The molecule has 0 radical (unpaired) electrons. The smallest absolute Gasteiger partial charge is 0.265 e. The fourth-order valence-corrected chi connectivity index (χ4v) is 2.48. The number of methoxy groups -OCH3 is 1. The topological polar surface area (TPSA) is 104 Å². The van der Waals surface area contributed by atoms with Crippen LogP contribution in [-0.2, 0) is 9.59 Å². The molecule has 0 saturated carbocycles. The van der Waals surface area contributed by atoms with E-state index in [4.69, 9.17) is 10.5 Å². The van der Waals surface area contributed by atoms with Gasteiger partial charge in [0, 0.05) is 6.42 Å². The van der Waals surface area contributed by atoms with Gasteiger partial charge in [-0.3, -0.25) is 14.2 Å². The van der Waals surface area contributed by atoms with Crippen molar-refractivity contribution in [1.29, 1.82) is 0 Å². The van der Waals surface area contributed by atoms with Gasteiger partial charge in [0.2, 0.25) is 5.91 Å². The lowest BCUT2D eigenvalue weighted by molar-refractivity contribution is -0.121. The summed E-state index contributed by atoms with van der Waals surface area (Å²) in [5.74, 6) is 0.0610. The highest BCUT2D eigenvalue weighted by molar-refractivity contribution is 5.85. The molecule has 0 aliphatic rings. The number of hydrogen-bond acceptors (Lipinski definition) is 5.